The number of aliphatic hydroxyl groups excluding tert-OH is 1. The predicted molar refractivity (Wildman–Crippen MR) is 143 cm³/mol. The van der Waals surface area contributed by atoms with E-state index in [1.165, 1.54) is 0 Å². The molecule has 5 aliphatic heterocycles. The number of hydrogen-bond acceptors (Lipinski definition) is 9. The molecule has 0 spiro atoms. The molecule has 0 aromatic carbocycles. The van der Waals surface area contributed by atoms with Gasteiger partial charge in [-0.05, 0) is 31.0 Å². The van der Waals surface area contributed by atoms with E-state index in [-0.39, 0.29) is 36.2 Å². The van der Waals surface area contributed by atoms with Crippen LogP contribution in [-0.4, -0.2) is 101 Å². The molecule has 8 rings (SSSR count). The summed E-state index contributed by atoms with van der Waals surface area (Å²) in [6.45, 7) is 2.82. The van der Waals surface area contributed by atoms with Crippen LogP contribution in [0.25, 0.3) is 16.6 Å². The van der Waals surface area contributed by atoms with Crippen LogP contribution in [0.3, 0.4) is 0 Å². The third kappa shape index (κ3) is 4.13. The summed E-state index contributed by atoms with van der Waals surface area (Å²) < 4.78 is 19.3. The van der Waals surface area contributed by atoms with E-state index in [1.54, 1.807) is 24.0 Å². The first kappa shape index (κ1) is 25.1. The number of amides is 2. The average Bonchev–Trinajstić information content (AvgIpc) is 3.69. The largest absolute Gasteiger partial charge is 0.492 e. The van der Waals surface area contributed by atoms with Gasteiger partial charge in [0.15, 0.2) is 0 Å². The van der Waals surface area contributed by atoms with Crippen molar-refractivity contribution in [1.29, 1.82) is 5.26 Å². The number of fused-ring (bicyclic) bond motifs is 4. The number of piperidine rings is 1. The lowest BCUT2D eigenvalue weighted by Crippen LogP contribution is -2.71. The Hall–Kier alpha value is -3.92. The van der Waals surface area contributed by atoms with Crippen LogP contribution >= 0.6 is 0 Å². The smallest absolute Gasteiger partial charge is 0.317 e. The molecule has 6 atom stereocenters. The van der Waals surface area contributed by atoms with Crippen molar-refractivity contribution in [3.63, 3.8) is 0 Å². The highest BCUT2D eigenvalue weighted by molar-refractivity contribution is 5.85. The van der Waals surface area contributed by atoms with Crippen molar-refractivity contribution in [2.45, 2.75) is 43.2 Å². The maximum atomic E-state index is 12.1. The number of anilines is 1. The molecule has 0 saturated carbocycles. The molecule has 40 heavy (non-hydrogen) atoms. The van der Waals surface area contributed by atoms with E-state index in [0.717, 1.165) is 42.9 Å². The highest BCUT2D eigenvalue weighted by atomic mass is 16.6. The van der Waals surface area contributed by atoms with E-state index >= 15 is 0 Å². The van der Waals surface area contributed by atoms with Crippen LogP contribution in [0.15, 0.2) is 36.8 Å². The molecular formula is C28H31N7O5. The van der Waals surface area contributed by atoms with Crippen LogP contribution in [0.4, 0.5) is 10.6 Å². The van der Waals surface area contributed by atoms with Gasteiger partial charge in [0.1, 0.15) is 29.8 Å². The minimum absolute atomic E-state index is 0.0177. The van der Waals surface area contributed by atoms with Crippen LogP contribution in [0.5, 0.6) is 5.75 Å². The summed E-state index contributed by atoms with van der Waals surface area (Å²) in [7, 11) is 1.67. The third-order valence-electron chi connectivity index (χ3n) is 8.62. The molecular weight excluding hydrogens is 514 g/mol. The van der Waals surface area contributed by atoms with Crippen LogP contribution < -0.4 is 15.0 Å². The van der Waals surface area contributed by atoms with Crippen LogP contribution in [0.1, 0.15) is 18.4 Å². The molecule has 8 heterocycles. The fourth-order valence-electron chi connectivity index (χ4n) is 6.60. The molecule has 5 saturated heterocycles. The van der Waals surface area contributed by atoms with Gasteiger partial charge >= 0.3 is 6.03 Å². The minimum atomic E-state index is -0.562. The zero-order valence-corrected chi connectivity index (χ0v) is 22.1. The molecule has 5 aliphatic rings. The number of carbonyl (C=O) groups is 1. The van der Waals surface area contributed by atoms with Gasteiger partial charge in [0, 0.05) is 43.4 Å². The van der Waals surface area contributed by atoms with Gasteiger partial charge in [-0.1, -0.05) is 0 Å². The predicted octanol–water partition coefficient (Wildman–Crippen LogP) is 1.41. The summed E-state index contributed by atoms with van der Waals surface area (Å²) in [5.74, 6) is 1.66. The first-order valence-corrected chi connectivity index (χ1v) is 13.7. The zero-order valence-electron chi connectivity index (χ0n) is 22.1. The number of nitrogens with one attached hydrogen (secondary N) is 1. The standard InChI is InChI=1S/C28H31N7O5/c1-30-28(37)35-19-6-20(35)12-33(11-19)24-3-2-16(9-31-24)22-7-21(13-34-25(22)18(8-29)10-32-34)38-5-4-17-14-39-27-23(36)15-40-26(17)27/h2-3,7,9-10,13,17,19-20,23,26-27,36H,4-6,11-12,14-15H2,1H3,(H,30,37). The van der Waals surface area contributed by atoms with Crippen molar-refractivity contribution in [2.75, 3.05) is 44.9 Å². The Kier molecular flexibility index (Phi) is 6.22. The van der Waals surface area contributed by atoms with Gasteiger partial charge in [0.05, 0.1) is 61.5 Å². The average molecular weight is 546 g/mol. The summed E-state index contributed by atoms with van der Waals surface area (Å²) >= 11 is 0. The number of piperazine rings is 1. The van der Waals surface area contributed by atoms with Crippen molar-refractivity contribution < 1.29 is 24.1 Å². The molecule has 2 amide bonds. The molecule has 6 unspecified atom stereocenters. The molecule has 3 aromatic heterocycles. The Bertz CT molecular complexity index is 1460. The lowest BCUT2D eigenvalue weighted by atomic mass is 9.88. The van der Waals surface area contributed by atoms with Crippen molar-refractivity contribution in [1.82, 2.24) is 24.8 Å². The maximum Gasteiger partial charge on any atom is 0.317 e. The van der Waals surface area contributed by atoms with Gasteiger partial charge in [-0.15, -0.1) is 0 Å². The molecule has 12 heteroatoms. The molecule has 2 bridgehead atoms. The molecule has 0 aliphatic carbocycles. The number of nitriles is 1. The maximum absolute atomic E-state index is 12.1. The summed E-state index contributed by atoms with van der Waals surface area (Å²) in [6.07, 6.45) is 6.01. The lowest BCUT2D eigenvalue weighted by Gasteiger charge is -2.56. The Morgan fingerprint density at radius 2 is 2.05 bits per heavy atom. The summed E-state index contributed by atoms with van der Waals surface area (Å²) in [5, 5.41) is 26.8. The highest BCUT2D eigenvalue weighted by Crippen LogP contribution is 2.36. The first-order valence-electron chi connectivity index (χ1n) is 13.7. The molecule has 3 aromatic rings. The normalized spacial score (nSPS) is 28.7. The van der Waals surface area contributed by atoms with Crippen LogP contribution in [-0.2, 0) is 9.47 Å². The number of ether oxygens (including phenoxy) is 3. The van der Waals surface area contributed by atoms with Crippen molar-refractivity contribution in [3.05, 3.63) is 42.4 Å². The van der Waals surface area contributed by atoms with Crippen molar-refractivity contribution in [3.8, 4) is 22.9 Å². The number of nitrogens with zero attached hydrogens (tertiary/aromatic N) is 6. The highest BCUT2D eigenvalue weighted by Gasteiger charge is 2.48. The van der Waals surface area contributed by atoms with E-state index in [9.17, 15) is 15.2 Å². The molecule has 2 N–H and O–H groups in total. The van der Waals surface area contributed by atoms with Gasteiger partial charge < -0.3 is 34.4 Å². The fourth-order valence-corrected chi connectivity index (χ4v) is 6.60. The van der Waals surface area contributed by atoms with Gasteiger partial charge in [-0.25, -0.2) is 14.3 Å². The Morgan fingerprint density at radius 3 is 2.80 bits per heavy atom. The second-order valence-electron chi connectivity index (χ2n) is 10.9. The van der Waals surface area contributed by atoms with E-state index < -0.39 is 6.10 Å². The van der Waals surface area contributed by atoms with Crippen LogP contribution in [0.2, 0.25) is 0 Å². The van der Waals surface area contributed by atoms with Crippen molar-refractivity contribution in [2.24, 2.45) is 5.92 Å². The number of aromatic nitrogens is 3. The minimum Gasteiger partial charge on any atom is -0.492 e. The Balaban J connectivity index is 1.08. The molecule has 5 fully saturated rings. The molecule has 0 radical (unpaired) electrons. The topological polar surface area (TPSA) is 137 Å². The second-order valence-corrected chi connectivity index (χ2v) is 10.9. The van der Waals surface area contributed by atoms with Gasteiger partial charge in [-0.3, -0.25) is 0 Å². The SMILES string of the molecule is CNC(=O)N1C2CC1CN(c1ccc(-c3cc(OCCC4COC5C(O)COC45)cn4ncc(C#N)c34)cn1)C2. The molecule has 12 nitrogen and oxygen atoms in total. The lowest BCUT2D eigenvalue weighted by molar-refractivity contribution is 0.0163. The summed E-state index contributed by atoms with van der Waals surface area (Å²) in [4.78, 5) is 21.0. The number of hydrogen-bond donors (Lipinski definition) is 2. The van der Waals surface area contributed by atoms with E-state index in [0.29, 0.717) is 36.7 Å². The second kappa shape index (κ2) is 9.92. The third-order valence-corrected chi connectivity index (χ3v) is 8.62. The zero-order chi connectivity index (χ0) is 27.4. The summed E-state index contributed by atoms with van der Waals surface area (Å²) in [5.41, 5.74) is 2.84. The van der Waals surface area contributed by atoms with Crippen LogP contribution in [0, 0.1) is 17.2 Å². The van der Waals surface area contributed by atoms with Gasteiger partial charge in [0.2, 0.25) is 0 Å². The van der Waals surface area contributed by atoms with Gasteiger partial charge in [-0.2, -0.15) is 10.4 Å². The summed E-state index contributed by atoms with van der Waals surface area (Å²) in [6, 6.07) is 8.54. The first-order chi connectivity index (χ1) is 19.5. The number of carbonyl (C=O) groups excluding carboxylic acids is 1. The number of urea groups is 1. The Morgan fingerprint density at radius 1 is 1.23 bits per heavy atom. The quantitative estimate of drug-likeness (QED) is 0.471. The van der Waals surface area contributed by atoms with Crippen molar-refractivity contribution >= 4 is 17.4 Å². The van der Waals surface area contributed by atoms with E-state index in [2.05, 4.69) is 21.4 Å². The fraction of sp³-hybridized carbons (Fsp3) is 0.500. The number of rotatable bonds is 6. The number of pyridine rings is 2. The van der Waals surface area contributed by atoms with E-state index in [4.69, 9.17) is 19.2 Å². The Labute approximate surface area is 231 Å². The number of aliphatic hydroxyl groups is 1. The van der Waals surface area contributed by atoms with E-state index in [1.807, 2.05) is 29.3 Å². The van der Waals surface area contributed by atoms with Gasteiger partial charge in [0.25, 0.3) is 0 Å². The monoisotopic (exact) mass is 545 g/mol. The molecule has 208 valence electrons.